The van der Waals surface area contributed by atoms with Crippen LogP contribution in [0.25, 0.3) is 0 Å². The molecule has 0 spiro atoms. The number of fused-ring (bicyclic) bond motifs is 2. The van der Waals surface area contributed by atoms with Crippen LogP contribution >= 0.6 is 11.6 Å². The van der Waals surface area contributed by atoms with E-state index in [1.54, 1.807) is 30.4 Å². The maximum atomic E-state index is 13.5. The summed E-state index contributed by atoms with van der Waals surface area (Å²) in [5.74, 6) is -2.56. The molecular weight excluding hydrogens is 582 g/mol. The number of carbonyl (C=O) groups is 4. The Morgan fingerprint density at radius 1 is 1.00 bits per heavy atom. The van der Waals surface area contributed by atoms with Crippen molar-refractivity contribution in [3.63, 3.8) is 0 Å². The van der Waals surface area contributed by atoms with E-state index in [4.69, 9.17) is 16.4 Å². The summed E-state index contributed by atoms with van der Waals surface area (Å²) in [6, 6.07) is 10.7. The van der Waals surface area contributed by atoms with Crippen molar-refractivity contribution in [3.8, 4) is 0 Å². The number of halogens is 1. The minimum atomic E-state index is -0.817. The lowest BCUT2D eigenvalue weighted by molar-refractivity contribution is -0.401. The van der Waals surface area contributed by atoms with Crippen molar-refractivity contribution < 1.29 is 33.7 Å². The maximum absolute atomic E-state index is 13.5. The summed E-state index contributed by atoms with van der Waals surface area (Å²) in [5.41, 5.74) is 4.47. The second-order valence-electron chi connectivity index (χ2n) is 12.5. The van der Waals surface area contributed by atoms with Crippen molar-refractivity contribution in [1.29, 1.82) is 0 Å². The third kappa shape index (κ3) is 4.24. The van der Waals surface area contributed by atoms with Gasteiger partial charge >= 0.3 is 5.97 Å². The van der Waals surface area contributed by atoms with Crippen LogP contribution in [0.3, 0.4) is 0 Å². The van der Waals surface area contributed by atoms with Gasteiger partial charge in [-0.2, -0.15) is 4.58 Å². The number of allylic oxidation sites excluding steroid dienone is 5. The summed E-state index contributed by atoms with van der Waals surface area (Å²) >= 11 is 6.27. The molecule has 9 nitrogen and oxygen atoms in total. The zero-order valence-electron chi connectivity index (χ0n) is 25.4. The lowest BCUT2D eigenvalue weighted by Crippen LogP contribution is -2.34. The van der Waals surface area contributed by atoms with Gasteiger partial charge in [0.1, 0.15) is 7.05 Å². The highest BCUT2D eigenvalue weighted by Gasteiger charge is 2.45. The fraction of sp³-hybridized carbons (Fsp3) is 0.324. The van der Waals surface area contributed by atoms with Crippen LogP contribution < -0.4 is 10.0 Å². The van der Waals surface area contributed by atoms with Crippen LogP contribution in [0.15, 0.2) is 71.2 Å². The lowest BCUT2D eigenvalue weighted by Gasteiger charge is -2.32. The molecule has 3 aliphatic heterocycles. The minimum absolute atomic E-state index is 0.00640. The number of nitrogens with zero attached hydrogens (tertiary/aromatic N) is 3. The molecule has 0 radical (unpaired) electrons. The van der Waals surface area contributed by atoms with Gasteiger partial charge in [-0.1, -0.05) is 31.2 Å². The molecule has 226 valence electrons. The Morgan fingerprint density at radius 2 is 1.68 bits per heavy atom. The highest BCUT2D eigenvalue weighted by atomic mass is 35.5. The average Bonchev–Trinajstić information content (AvgIpc) is 3.48. The van der Waals surface area contributed by atoms with Crippen LogP contribution in [0.4, 0.5) is 11.4 Å². The number of anilines is 1. The number of likely N-dealkylation sites (N-methyl/N-ethyl adjacent to an activating group) is 1. The Hall–Kier alpha value is -4.50. The van der Waals surface area contributed by atoms with E-state index in [-0.39, 0.29) is 41.1 Å². The number of carbonyl (C=O) groups excluding carboxylic acids is 4. The first-order chi connectivity index (χ1) is 20.7. The first kappa shape index (κ1) is 29.6. The monoisotopic (exact) mass is 613 g/mol. The molecule has 10 heteroatoms. The van der Waals surface area contributed by atoms with Gasteiger partial charge in [0.05, 0.1) is 11.0 Å². The number of rotatable bonds is 5. The van der Waals surface area contributed by atoms with E-state index >= 15 is 0 Å². The Bertz CT molecular complexity index is 1830. The molecule has 6 rings (SSSR count). The van der Waals surface area contributed by atoms with E-state index < -0.39 is 28.6 Å². The topological polar surface area (TPSA) is 110 Å². The van der Waals surface area contributed by atoms with E-state index in [1.807, 2.05) is 69.3 Å². The molecule has 0 aromatic heterocycles. The van der Waals surface area contributed by atoms with Gasteiger partial charge in [-0.3, -0.25) is 14.4 Å². The van der Waals surface area contributed by atoms with E-state index in [1.165, 1.54) is 0 Å². The molecule has 4 aliphatic rings. The second kappa shape index (κ2) is 10.0. The zero-order chi connectivity index (χ0) is 31.9. The van der Waals surface area contributed by atoms with Crippen molar-refractivity contribution in [3.05, 3.63) is 92.9 Å². The number of hydrogen-bond acceptors (Lipinski definition) is 7. The van der Waals surface area contributed by atoms with Gasteiger partial charge in [-0.15, -0.1) is 5.06 Å². The van der Waals surface area contributed by atoms with Crippen molar-refractivity contribution in [1.82, 2.24) is 5.06 Å². The fourth-order valence-electron chi connectivity index (χ4n) is 6.63. The molecule has 3 heterocycles. The quantitative estimate of drug-likeness (QED) is 0.279. The largest absolute Gasteiger partial charge is 0.871 e. The van der Waals surface area contributed by atoms with E-state index in [2.05, 4.69) is 0 Å². The van der Waals surface area contributed by atoms with Crippen LogP contribution in [0.1, 0.15) is 68.9 Å². The minimum Gasteiger partial charge on any atom is -0.871 e. The Balaban J connectivity index is 1.33. The number of ketones is 1. The molecule has 1 fully saturated rings. The van der Waals surface area contributed by atoms with Crippen molar-refractivity contribution in [2.45, 2.75) is 58.3 Å². The number of imide groups is 1. The summed E-state index contributed by atoms with van der Waals surface area (Å²) in [4.78, 5) is 57.3. The van der Waals surface area contributed by atoms with Gasteiger partial charge in [0.2, 0.25) is 5.69 Å². The lowest BCUT2D eigenvalue weighted by atomic mass is 9.77. The van der Waals surface area contributed by atoms with Gasteiger partial charge in [0, 0.05) is 70.1 Å². The third-order valence-corrected chi connectivity index (χ3v) is 9.39. The van der Waals surface area contributed by atoms with Crippen LogP contribution in [0.2, 0.25) is 5.02 Å². The molecule has 2 amide bonds. The Kier molecular flexibility index (Phi) is 6.73. The Morgan fingerprint density at radius 3 is 2.32 bits per heavy atom. The average molecular weight is 614 g/mol. The molecular formula is C34H32ClN3O6. The van der Waals surface area contributed by atoms with E-state index in [9.17, 15) is 24.3 Å². The third-order valence-electron chi connectivity index (χ3n) is 9.16. The van der Waals surface area contributed by atoms with Crippen molar-refractivity contribution in [2.24, 2.45) is 0 Å². The predicted molar refractivity (Wildman–Crippen MR) is 163 cm³/mol. The van der Waals surface area contributed by atoms with Crippen molar-refractivity contribution >= 4 is 52.3 Å². The maximum Gasteiger partial charge on any atom is 0.363 e. The summed E-state index contributed by atoms with van der Waals surface area (Å²) < 4.78 is 1.99. The molecule has 2 aromatic rings. The summed E-state index contributed by atoms with van der Waals surface area (Å²) in [7, 11) is 1.91. The fourth-order valence-corrected chi connectivity index (χ4v) is 6.80. The summed E-state index contributed by atoms with van der Waals surface area (Å²) in [6.45, 7) is 10.5. The van der Waals surface area contributed by atoms with E-state index in [0.717, 1.165) is 33.9 Å². The first-order valence-corrected chi connectivity index (χ1v) is 14.9. The van der Waals surface area contributed by atoms with Crippen LogP contribution in [-0.2, 0) is 30.1 Å². The molecule has 44 heavy (non-hydrogen) atoms. The smallest absolute Gasteiger partial charge is 0.363 e. The molecule has 0 atom stereocenters. The number of amides is 2. The number of Topliss-reactive ketones (excluding diaryl/α,β-unsaturated/α-hetero) is 1. The Labute approximate surface area is 260 Å². The molecule has 0 bridgehead atoms. The summed E-state index contributed by atoms with van der Waals surface area (Å²) in [5, 5.41) is 14.6. The standard InChI is InChI=1S/C34H32ClN3O6/c1-7-37-25-10-8-18(32(43)44-38-28(39)12-13-29(38)40)14-22(25)34(4,5)27(37)17-21-30(41)20(31(21)42)16-26-33(2,3)23-15-19(35)9-11-24(23)36(26)6/h8-11,14-17H,7,12-13H2,1-6H3. The van der Waals surface area contributed by atoms with Gasteiger partial charge in [-0.05, 0) is 62.7 Å². The normalized spacial score (nSPS) is 21.9. The summed E-state index contributed by atoms with van der Waals surface area (Å²) in [6.07, 6.45) is 3.37. The van der Waals surface area contributed by atoms with Crippen LogP contribution in [0, 0.1) is 0 Å². The highest BCUT2D eigenvalue weighted by Crippen LogP contribution is 2.49. The second-order valence-corrected chi connectivity index (χ2v) is 12.9. The zero-order valence-corrected chi connectivity index (χ0v) is 26.2. The van der Waals surface area contributed by atoms with Crippen LogP contribution in [0.5, 0.6) is 0 Å². The number of benzene rings is 2. The predicted octanol–water partition coefficient (Wildman–Crippen LogP) is 4.39. The van der Waals surface area contributed by atoms with Crippen LogP contribution in [-0.4, -0.2) is 52.5 Å². The number of hydroxylamine groups is 2. The molecule has 1 saturated heterocycles. The molecule has 0 saturated carbocycles. The van der Waals surface area contributed by atoms with Gasteiger partial charge < -0.3 is 14.8 Å². The number of hydrogen-bond donors (Lipinski definition) is 0. The van der Waals surface area contributed by atoms with Crippen molar-refractivity contribution in [2.75, 3.05) is 18.5 Å². The van der Waals surface area contributed by atoms with Gasteiger partial charge in [0.25, 0.3) is 11.8 Å². The first-order valence-electron chi connectivity index (χ1n) is 14.5. The SMILES string of the molecule is CCN1/C(=C/C2=C([O-])C(=C\C3=[N+](C)c4ccc(Cl)cc4C3(C)C)/C2=O)C(C)(C)c2cc(C(=O)ON3C(=O)CCC3=O)ccc21. The highest BCUT2D eigenvalue weighted by molar-refractivity contribution is 6.31. The molecule has 0 unspecified atom stereocenters. The van der Waals surface area contributed by atoms with Gasteiger partial charge in [-0.25, -0.2) is 4.79 Å². The molecule has 1 aliphatic carbocycles. The molecule has 0 N–H and O–H groups in total. The van der Waals surface area contributed by atoms with E-state index in [0.29, 0.717) is 16.6 Å². The van der Waals surface area contributed by atoms with Gasteiger partial charge in [0.15, 0.2) is 11.5 Å². The molecule has 2 aromatic carbocycles.